The smallest absolute Gasteiger partial charge is 0.129 e. The first-order chi connectivity index (χ1) is 8.20. The fourth-order valence-electron chi connectivity index (χ4n) is 2.31. The minimum Gasteiger partial charge on any atom is -0.398 e. The first-order valence-electron chi connectivity index (χ1n) is 5.98. The Morgan fingerprint density at radius 2 is 2.35 bits per heavy atom. The Morgan fingerprint density at radius 1 is 1.53 bits per heavy atom. The molecule has 0 aliphatic carbocycles. The van der Waals surface area contributed by atoms with E-state index >= 15 is 0 Å². The average Bonchev–Trinajstić information content (AvgIpc) is 2.34. The lowest BCUT2D eigenvalue weighted by Crippen LogP contribution is -2.39. The molecule has 1 unspecified atom stereocenters. The average molecular weight is 238 g/mol. The van der Waals surface area contributed by atoms with Gasteiger partial charge in [-0.15, -0.1) is 0 Å². The maximum absolute atomic E-state index is 13.6. The second-order valence-corrected chi connectivity index (χ2v) is 4.54. The summed E-state index contributed by atoms with van der Waals surface area (Å²) in [7, 11) is 1.73. The largest absolute Gasteiger partial charge is 0.398 e. The molecule has 1 aromatic carbocycles. The van der Waals surface area contributed by atoms with Crippen molar-refractivity contribution in [3.8, 4) is 0 Å². The zero-order valence-electron chi connectivity index (χ0n) is 10.2. The van der Waals surface area contributed by atoms with Gasteiger partial charge in [0.15, 0.2) is 0 Å². The number of rotatable bonds is 3. The molecule has 0 spiro atoms. The number of halogens is 1. The van der Waals surface area contributed by atoms with Gasteiger partial charge in [-0.25, -0.2) is 4.39 Å². The third kappa shape index (κ3) is 2.96. The van der Waals surface area contributed by atoms with Crippen molar-refractivity contribution >= 4 is 5.69 Å². The highest BCUT2D eigenvalue weighted by Crippen LogP contribution is 2.21. The maximum atomic E-state index is 13.6. The first kappa shape index (κ1) is 12.3. The van der Waals surface area contributed by atoms with E-state index in [0.717, 1.165) is 25.9 Å². The number of nitrogens with two attached hydrogens (primary N) is 1. The molecule has 0 saturated carbocycles. The minimum absolute atomic E-state index is 0.218. The molecule has 0 bridgehead atoms. The van der Waals surface area contributed by atoms with Gasteiger partial charge in [0.05, 0.1) is 6.10 Å². The molecule has 17 heavy (non-hydrogen) atoms. The van der Waals surface area contributed by atoms with Gasteiger partial charge in [-0.05, 0) is 31.5 Å². The number of benzene rings is 1. The fourth-order valence-corrected chi connectivity index (χ4v) is 2.31. The molecule has 1 aliphatic rings. The molecule has 1 heterocycles. The van der Waals surface area contributed by atoms with Gasteiger partial charge in [-0.3, -0.25) is 4.90 Å². The summed E-state index contributed by atoms with van der Waals surface area (Å²) in [6, 6.07) is 4.85. The molecule has 4 heteroatoms. The lowest BCUT2D eigenvalue weighted by molar-refractivity contribution is 0.0283. The molecule has 0 aromatic heterocycles. The lowest BCUT2D eigenvalue weighted by atomic mass is 10.1. The molecule has 2 N–H and O–H groups in total. The van der Waals surface area contributed by atoms with E-state index in [1.54, 1.807) is 19.2 Å². The number of nitrogens with zero attached hydrogens (tertiary/aromatic N) is 1. The van der Waals surface area contributed by atoms with Crippen LogP contribution in [-0.4, -0.2) is 31.2 Å². The molecule has 1 saturated heterocycles. The standard InChI is InChI=1S/C13H19FN2O/c1-17-10-4-3-7-16(8-10)9-11-12(14)5-2-6-13(11)15/h2,5-6,10H,3-4,7-9,15H2,1H3. The number of piperidine rings is 1. The van der Waals surface area contributed by atoms with Crippen LogP contribution in [0, 0.1) is 5.82 Å². The molecule has 2 rings (SSSR count). The van der Waals surface area contributed by atoms with Crippen LogP contribution >= 0.6 is 0 Å². The zero-order chi connectivity index (χ0) is 12.3. The molecule has 1 aliphatic heterocycles. The summed E-state index contributed by atoms with van der Waals surface area (Å²) in [5.41, 5.74) is 6.94. The van der Waals surface area contributed by atoms with Crippen LogP contribution in [0.2, 0.25) is 0 Å². The normalized spacial score (nSPS) is 21.6. The van der Waals surface area contributed by atoms with Crippen LogP contribution in [0.1, 0.15) is 18.4 Å². The number of anilines is 1. The highest BCUT2D eigenvalue weighted by atomic mass is 19.1. The van der Waals surface area contributed by atoms with E-state index in [1.165, 1.54) is 6.07 Å². The van der Waals surface area contributed by atoms with Gasteiger partial charge in [0.25, 0.3) is 0 Å². The summed E-state index contributed by atoms with van der Waals surface area (Å²) >= 11 is 0. The van der Waals surface area contributed by atoms with E-state index in [4.69, 9.17) is 10.5 Å². The Bertz CT molecular complexity index is 363. The fraction of sp³-hybridized carbons (Fsp3) is 0.538. The summed E-state index contributed by atoms with van der Waals surface area (Å²) < 4.78 is 19.0. The number of hydrogen-bond acceptors (Lipinski definition) is 3. The number of nitrogen functional groups attached to an aromatic ring is 1. The molecule has 3 nitrogen and oxygen atoms in total. The van der Waals surface area contributed by atoms with Crippen molar-refractivity contribution in [2.75, 3.05) is 25.9 Å². The Kier molecular flexibility index (Phi) is 3.97. The number of ether oxygens (including phenoxy) is 1. The van der Waals surface area contributed by atoms with Crippen LogP contribution in [0.5, 0.6) is 0 Å². The van der Waals surface area contributed by atoms with Crippen molar-refractivity contribution in [2.24, 2.45) is 0 Å². The summed E-state index contributed by atoms with van der Waals surface area (Å²) in [5.74, 6) is -0.218. The van der Waals surface area contributed by atoms with E-state index in [0.29, 0.717) is 17.8 Å². The van der Waals surface area contributed by atoms with Gasteiger partial charge in [0, 0.05) is 31.5 Å². The molecular weight excluding hydrogens is 219 g/mol. The van der Waals surface area contributed by atoms with Crippen molar-refractivity contribution < 1.29 is 9.13 Å². The molecule has 0 amide bonds. The van der Waals surface area contributed by atoms with Gasteiger partial charge in [-0.2, -0.15) is 0 Å². The van der Waals surface area contributed by atoms with E-state index in [9.17, 15) is 4.39 Å². The number of methoxy groups -OCH3 is 1. The topological polar surface area (TPSA) is 38.5 Å². The summed E-state index contributed by atoms with van der Waals surface area (Å²) in [6.07, 6.45) is 2.43. The van der Waals surface area contributed by atoms with Crippen LogP contribution < -0.4 is 5.73 Å². The van der Waals surface area contributed by atoms with Gasteiger partial charge in [-0.1, -0.05) is 6.07 Å². The van der Waals surface area contributed by atoms with E-state index in [1.807, 2.05) is 0 Å². The van der Waals surface area contributed by atoms with E-state index in [2.05, 4.69) is 4.90 Å². The Hall–Kier alpha value is -1.13. The predicted octanol–water partition coefficient (Wildman–Crippen LogP) is 2.02. The summed E-state index contributed by atoms with van der Waals surface area (Å²) in [4.78, 5) is 2.20. The maximum Gasteiger partial charge on any atom is 0.129 e. The Morgan fingerprint density at radius 3 is 3.06 bits per heavy atom. The van der Waals surface area contributed by atoms with Gasteiger partial charge in [0.1, 0.15) is 5.82 Å². The molecule has 0 radical (unpaired) electrons. The molecular formula is C13H19FN2O. The zero-order valence-corrected chi connectivity index (χ0v) is 10.2. The first-order valence-corrected chi connectivity index (χ1v) is 5.98. The predicted molar refractivity (Wildman–Crippen MR) is 66.1 cm³/mol. The van der Waals surface area contributed by atoms with Crippen LogP contribution in [0.4, 0.5) is 10.1 Å². The number of hydrogen-bond donors (Lipinski definition) is 1. The van der Waals surface area contributed by atoms with Crippen molar-refractivity contribution in [1.29, 1.82) is 0 Å². The third-order valence-corrected chi connectivity index (χ3v) is 3.33. The van der Waals surface area contributed by atoms with Gasteiger partial charge in [0.2, 0.25) is 0 Å². The Balaban J connectivity index is 2.05. The third-order valence-electron chi connectivity index (χ3n) is 3.33. The molecule has 1 atom stereocenters. The van der Waals surface area contributed by atoms with Crippen LogP contribution in [0.15, 0.2) is 18.2 Å². The molecule has 1 aromatic rings. The van der Waals surface area contributed by atoms with Crippen molar-refractivity contribution in [3.63, 3.8) is 0 Å². The van der Waals surface area contributed by atoms with E-state index in [-0.39, 0.29) is 11.9 Å². The Labute approximate surface area is 101 Å². The van der Waals surface area contributed by atoms with E-state index < -0.39 is 0 Å². The second kappa shape index (κ2) is 5.47. The highest BCUT2D eigenvalue weighted by Gasteiger charge is 2.20. The van der Waals surface area contributed by atoms with Gasteiger partial charge >= 0.3 is 0 Å². The highest BCUT2D eigenvalue weighted by molar-refractivity contribution is 5.47. The minimum atomic E-state index is -0.218. The monoisotopic (exact) mass is 238 g/mol. The van der Waals surface area contributed by atoms with Crippen molar-refractivity contribution in [3.05, 3.63) is 29.6 Å². The van der Waals surface area contributed by atoms with Crippen LogP contribution in [0.25, 0.3) is 0 Å². The molecule has 1 fully saturated rings. The molecule has 94 valence electrons. The lowest BCUT2D eigenvalue weighted by Gasteiger charge is -2.32. The van der Waals surface area contributed by atoms with Crippen molar-refractivity contribution in [1.82, 2.24) is 4.90 Å². The second-order valence-electron chi connectivity index (χ2n) is 4.54. The van der Waals surface area contributed by atoms with Crippen molar-refractivity contribution in [2.45, 2.75) is 25.5 Å². The number of likely N-dealkylation sites (tertiary alicyclic amines) is 1. The quantitative estimate of drug-likeness (QED) is 0.819. The van der Waals surface area contributed by atoms with Crippen LogP contribution in [-0.2, 0) is 11.3 Å². The van der Waals surface area contributed by atoms with Gasteiger partial charge < -0.3 is 10.5 Å². The summed E-state index contributed by atoms with van der Waals surface area (Å²) in [5, 5.41) is 0. The van der Waals surface area contributed by atoms with Crippen LogP contribution in [0.3, 0.4) is 0 Å². The summed E-state index contributed by atoms with van der Waals surface area (Å²) in [6.45, 7) is 2.40. The SMILES string of the molecule is COC1CCCN(Cc2c(N)cccc2F)C1.